The Morgan fingerprint density at radius 2 is 2.22 bits per heavy atom. The predicted octanol–water partition coefficient (Wildman–Crippen LogP) is 3.07. The molecule has 1 saturated heterocycles. The molecule has 0 aromatic carbocycles. The highest BCUT2D eigenvalue weighted by Crippen LogP contribution is 2.30. The van der Waals surface area contributed by atoms with Gasteiger partial charge in [-0.1, -0.05) is 0 Å². The van der Waals surface area contributed by atoms with Crippen LogP contribution in [-0.2, 0) is 0 Å². The Balaban J connectivity index is 2.03. The van der Waals surface area contributed by atoms with Crippen LogP contribution >= 0.6 is 24.0 Å². The van der Waals surface area contributed by atoms with Crippen molar-refractivity contribution in [3.63, 3.8) is 0 Å². The minimum absolute atomic E-state index is 0.465. The van der Waals surface area contributed by atoms with Gasteiger partial charge in [0.1, 0.15) is 0 Å². The van der Waals surface area contributed by atoms with Crippen molar-refractivity contribution in [1.29, 1.82) is 0 Å². The number of aromatic amines is 1. The zero-order chi connectivity index (χ0) is 12.4. The summed E-state index contributed by atoms with van der Waals surface area (Å²) in [5.74, 6) is 3.30. The molecule has 1 N–H and O–H groups in total. The van der Waals surface area contributed by atoms with Crippen molar-refractivity contribution in [1.82, 2.24) is 19.7 Å². The van der Waals surface area contributed by atoms with Crippen LogP contribution in [-0.4, -0.2) is 31.3 Å². The number of hydrogen-bond acceptors (Lipinski definition) is 4. The van der Waals surface area contributed by atoms with E-state index in [1.54, 1.807) is 6.20 Å². The quantitative estimate of drug-likeness (QED) is 0.858. The molecule has 1 aliphatic rings. The van der Waals surface area contributed by atoms with Gasteiger partial charge in [-0.25, -0.2) is 0 Å². The van der Waals surface area contributed by atoms with E-state index >= 15 is 0 Å². The summed E-state index contributed by atoms with van der Waals surface area (Å²) in [7, 11) is 0. The number of hydrogen-bond donors (Lipinski definition) is 1. The Morgan fingerprint density at radius 3 is 2.94 bits per heavy atom. The second-order valence-corrected chi connectivity index (χ2v) is 5.92. The number of thioether (sulfide) groups is 1. The molecule has 2 aromatic heterocycles. The van der Waals surface area contributed by atoms with Crippen molar-refractivity contribution in [3.8, 4) is 11.4 Å². The summed E-state index contributed by atoms with van der Waals surface area (Å²) in [5, 5.41) is 7.27. The van der Waals surface area contributed by atoms with E-state index in [2.05, 4.69) is 19.7 Å². The van der Waals surface area contributed by atoms with Crippen LogP contribution in [0.5, 0.6) is 0 Å². The molecule has 18 heavy (non-hydrogen) atoms. The number of aromatic nitrogens is 4. The van der Waals surface area contributed by atoms with Gasteiger partial charge in [-0.15, -0.1) is 0 Å². The average molecular weight is 278 g/mol. The topological polar surface area (TPSA) is 46.5 Å². The van der Waals surface area contributed by atoms with E-state index in [9.17, 15) is 0 Å². The van der Waals surface area contributed by atoms with Gasteiger partial charge in [-0.2, -0.15) is 16.9 Å². The minimum atomic E-state index is 0.465. The molecule has 6 heteroatoms. The molecule has 0 aliphatic carbocycles. The molecule has 1 aliphatic heterocycles. The molecule has 3 heterocycles. The molecule has 0 spiro atoms. The molecule has 3 rings (SSSR count). The van der Waals surface area contributed by atoms with Gasteiger partial charge in [0.2, 0.25) is 0 Å². The number of nitrogens with one attached hydrogen (secondary N) is 1. The Bertz CT molecular complexity index is 569. The molecule has 0 atom stereocenters. The van der Waals surface area contributed by atoms with Crippen LogP contribution in [0.25, 0.3) is 11.4 Å². The van der Waals surface area contributed by atoms with Gasteiger partial charge in [-0.3, -0.25) is 14.6 Å². The summed E-state index contributed by atoms with van der Waals surface area (Å²) in [5.41, 5.74) is 1.02. The molecule has 4 nitrogen and oxygen atoms in total. The number of pyridine rings is 1. The van der Waals surface area contributed by atoms with Crippen LogP contribution < -0.4 is 0 Å². The van der Waals surface area contributed by atoms with E-state index in [0.717, 1.165) is 24.2 Å². The second-order valence-electron chi connectivity index (χ2n) is 4.31. The van der Waals surface area contributed by atoms with E-state index in [1.165, 1.54) is 11.5 Å². The predicted molar refractivity (Wildman–Crippen MR) is 76.2 cm³/mol. The van der Waals surface area contributed by atoms with E-state index < -0.39 is 0 Å². The molecular formula is C12H14N4S2. The highest BCUT2D eigenvalue weighted by Gasteiger charge is 2.20. The lowest BCUT2D eigenvalue weighted by atomic mass is 10.1. The van der Waals surface area contributed by atoms with Gasteiger partial charge >= 0.3 is 0 Å². The maximum atomic E-state index is 5.37. The van der Waals surface area contributed by atoms with Gasteiger partial charge in [-0.05, 0) is 48.7 Å². The highest BCUT2D eigenvalue weighted by molar-refractivity contribution is 7.99. The minimum Gasteiger partial charge on any atom is -0.297 e. The Labute approximate surface area is 115 Å². The second kappa shape index (κ2) is 5.24. The van der Waals surface area contributed by atoms with Gasteiger partial charge in [0.05, 0.1) is 0 Å². The van der Waals surface area contributed by atoms with Crippen molar-refractivity contribution in [2.75, 3.05) is 11.5 Å². The first-order valence-corrected chi connectivity index (χ1v) is 7.57. The summed E-state index contributed by atoms with van der Waals surface area (Å²) < 4.78 is 2.87. The lowest BCUT2D eigenvalue weighted by Crippen LogP contribution is -2.16. The Morgan fingerprint density at radius 1 is 1.39 bits per heavy atom. The monoisotopic (exact) mass is 278 g/mol. The van der Waals surface area contributed by atoms with Gasteiger partial charge in [0, 0.05) is 24.0 Å². The lowest BCUT2D eigenvalue weighted by molar-refractivity contribution is 0.468. The maximum Gasteiger partial charge on any atom is 0.195 e. The first-order chi connectivity index (χ1) is 8.86. The van der Waals surface area contributed by atoms with E-state index in [1.807, 2.05) is 30.1 Å². The van der Waals surface area contributed by atoms with Crippen molar-refractivity contribution >= 4 is 24.0 Å². The van der Waals surface area contributed by atoms with Crippen molar-refractivity contribution in [2.45, 2.75) is 18.9 Å². The Hall–Kier alpha value is -1.14. The third kappa shape index (κ3) is 2.22. The Kier molecular flexibility index (Phi) is 3.47. The molecule has 0 unspecified atom stereocenters. The van der Waals surface area contributed by atoms with Crippen molar-refractivity contribution in [2.24, 2.45) is 0 Å². The standard InChI is InChI=1S/C12H14N4S2/c17-12-15-14-11(9-2-1-5-13-8-9)16(12)10-3-6-18-7-4-10/h1-2,5,8,10H,3-4,6-7H2,(H,15,17). The first-order valence-electron chi connectivity index (χ1n) is 6.01. The van der Waals surface area contributed by atoms with Gasteiger partial charge in [0.25, 0.3) is 0 Å². The highest BCUT2D eigenvalue weighted by atomic mass is 32.2. The van der Waals surface area contributed by atoms with Gasteiger partial charge < -0.3 is 0 Å². The fourth-order valence-corrected chi connectivity index (χ4v) is 3.65. The van der Waals surface area contributed by atoms with Crippen LogP contribution in [0.4, 0.5) is 0 Å². The normalized spacial score (nSPS) is 16.9. The molecule has 0 radical (unpaired) electrons. The number of H-pyrrole nitrogens is 1. The summed E-state index contributed by atoms with van der Waals surface area (Å²) in [6.07, 6.45) is 5.92. The molecule has 2 aromatic rings. The summed E-state index contributed by atoms with van der Waals surface area (Å²) in [4.78, 5) is 4.15. The molecule has 0 bridgehead atoms. The average Bonchev–Trinajstić information content (AvgIpc) is 2.83. The fourth-order valence-electron chi connectivity index (χ4n) is 2.29. The summed E-state index contributed by atoms with van der Waals surface area (Å²) in [6, 6.07) is 4.41. The van der Waals surface area contributed by atoms with Crippen LogP contribution in [0.1, 0.15) is 18.9 Å². The van der Waals surface area contributed by atoms with Crippen LogP contribution in [0.15, 0.2) is 24.5 Å². The number of rotatable bonds is 2. The molecule has 1 fully saturated rings. The third-order valence-electron chi connectivity index (χ3n) is 3.18. The van der Waals surface area contributed by atoms with Crippen molar-refractivity contribution < 1.29 is 0 Å². The smallest absolute Gasteiger partial charge is 0.195 e. The zero-order valence-corrected chi connectivity index (χ0v) is 11.5. The largest absolute Gasteiger partial charge is 0.297 e. The van der Waals surface area contributed by atoms with E-state index in [-0.39, 0.29) is 0 Å². The first kappa shape index (κ1) is 11.9. The van der Waals surface area contributed by atoms with E-state index in [0.29, 0.717) is 10.8 Å². The summed E-state index contributed by atoms with van der Waals surface area (Å²) >= 11 is 7.38. The van der Waals surface area contributed by atoms with Crippen LogP contribution in [0.2, 0.25) is 0 Å². The number of nitrogens with zero attached hydrogens (tertiary/aromatic N) is 3. The molecule has 94 valence electrons. The van der Waals surface area contributed by atoms with Gasteiger partial charge in [0.15, 0.2) is 10.6 Å². The summed E-state index contributed by atoms with van der Waals surface area (Å²) in [6.45, 7) is 0. The van der Waals surface area contributed by atoms with Crippen molar-refractivity contribution in [3.05, 3.63) is 29.3 Å². The van der Waals surface area contributed by atoms with E-state index in [4.69, 9.17) is 12.2 Å². The molecule has 0 saturated carbocycles. The molecule has 0 amide bonds. The molecular weight excluding hydrogens is 264 g/mol. The maximum absolute atomic E-state index is 5.37. The van der Waals surface area contributed by atoms with Crippen LogP contribution in [0, 0.1) is 4.77 Å². The lowest BCUT2D eigenvalue weighted by Gasteiger charge is -2.23. The zero-order valence-electron chi connectivity index (χ0n) is 9.87. The SMILES string of the molecule is S=c1[nH]nc(-c2cccnc2)n1C1CCSCC1. The fraction of sp³-hybridized carbons (Fsp3) is 0.417. The van der Waals surface area contributed by atoms with Crippen LogP contribution in [0.3, 0.4) is 0 Å². The third-order valence-corrected chi connectivity index (χ3v) is 4.52.